The Morgan fingerprint density at radius 3 is 1.68 bits per heavy atom. The molecule has 0 saturated heterocycles. The Kier molecular flexibility index (Phi) is 12.3. The highest BCUT2D eigenvalue weighted by molar-refractivity contribution is 5.92. The number of hydrogen-bond acceptors (Lipinski definition) is 6. The highest BCUT2D eigenvalue weighted by atomic mass is 16.6. The zero-order valence-corrected chi connectivity index (χ0v) is 21.5. The van der Waals surface area contributed by atoms with Gasteiger partial charge in [-0.1, -0.05) is 6.08 Å². The molecule has 0 radical (unpaired) electrons. The Bertz CT molecular complexity index is 609. The molecule has 1 unspecified atom stereocenters. The van der Waals surface area contributed by atoms with Gasteiger partial charge >= 0.3 is 11.9 Å². The van der Waals surface area contributed by atoms with Gasteiger partial charge in [0.1, 0.15) is 17.2 Å². The van der Waals surface area contributed by atoms with Crippen LogP contribution in [0.4, 0.5) is 0 Å². The summed E-state index contributed by atoms with van der Waals surface area (Å²) >= 11 is 0. The maximum absolute atomic E-state index is 13.0. The minimum Gasteiger partial charge on any atom is -0.460 e. The molecule has 0 spiro atoms. The Balaban J connectivity index is 0. The molecule has 7 nitrogen and oxygen atoms in total. The molecule has 0 aromatic heterocycles. The number of allylic oxidation sites excluding steroid dienone is 1. The minimum atomic E-state index is -1.16. The molecule has 31 heavy (non-hydrogen) atoms. The minimum absolute atomic E-state index is 0.109. The molecule has 0 aliphatic carbocycles. The summed E-state index contributed by atoms with van der Waals surface area (Å²) in [7, 11) is 0. The van der Waals surface area contributed by atoms with E-state index in [0.29, 0.717) is 6.42 Å². The van der Waals surface area contributed by atoms with Gasteiger partial charge in [0.15, 0.2) is 0 Å². The van der Waals surface area contributed by atoms with Crippen molar-refractivity contribution < 1.29 is 29.0 Å². The van der Waals surface area contributed by atoms with E-state index in [0.717, 1.165) is 0 Å². The van der Waals surface area contributed by atoms with Gasteiger partial charge in [0.25, 0.3) is 0 Å². The number of carbonyl (C=O) groups excluding carboxylic acids is 3. The summed E-state index contributed by atoms with van der Waals surface area (Å²) < 4.78 is 10.9. The van der Waals surface area contributed by atoms with Gasteiger partial charge in [-0.25, -0.2) is 4.79 Å². The van der Waals surface area contributed by atoms with Crippen LogP contribution in [0.15, 0.2) is 12.7 Å². The van der Waals surface area contributed by atoms with Gasteiger partial charge in [0.05, 0.1) is 10.8 Å². The van der Waals surface area contributed by atoms with Gasteiger partial charge in [-0.05, 0) is 89.0 Å². The number of carbonyl (C=O) groups is 3. The zero-order chi connectivity index (χ0) is 25.3. The van der Waals surface area contributed by atoms with Crippen LogP contribution >= 0.6 is 0 Å². The van der Waals surface area contributed by atoms with E-state index < -0.39 is 45.9 Å². The Labute approximate surface area is 189 Å². The summed E-state index contributed by atoms with van der Waals surface area (Å²) in [6, 6.07) is -0.910. The fourth-order valence-corrected chi connectivity index (χ4v) is 2.20. The van der Waals surface area contributed by atoms with Crippen molar-refractivity contribution in [2.75, 3.05) is 6.61 Å². The average molecular weight is 444 g/mol. The van der Waals surface area contributed by atoms with E-state index in [-0.39, 0.29) is 13.0 Å². The molecule has 2 N–H and O–H groups in total. The Morgan fingerprint density at radius 1 is 0.903 bits per heavy atom. The molecule has 0 aromatic rings. The van der Waals surface area contributed by atoms with Crippen molar-refractivity contribution >= 4 is 17.8 Å². The van der Waals surface area contributed by atoms with E-state index in [1.54, 1.807) is 75.3 Å². The lowest BCUT2D eigenvalue weighted by atomic mass is 9.67. The van der Waals surface area contributed by atoms with Crippen LogP contribution in [0.2, 0.25) is 0 Å². The van der Waals surface area contributed by atoms with E-state index >= 15 is 0 Å². The van der Waals surface area contributed by atoms with Gasteiger partial charge in [0, 0.05) is 6.61 Å². The highest BCUT2D eigenvalue weighted by Crippen LogP contribution is 2.41. The lowest BCUT2D eigenvalue weighted by molar-refractivity contribution is -0.176. The van der Waals surface area contributed by atoms with Crippen LogP contribution in [0, 0.1) is 10.8 Å². The van der Waals surface area contributed by atoms with Crippen LogP contribution in [0.1, 0.15) is 89.0 Å². The average Bonchev–Trinajstić information content (AvgIpc) is 2.55. The zero-order valence-electron chi connectivity index (χ0n) is 21.5. The third kappa shape index (κ3) is 11.3. The van der Waals surface area contributed by atoms with Gasteiger partial charge in [-0.2, -0.15) is 0 Å². The molecule has 1 atom stereocenters. The Hall–Kier alpha value is -1.89. The number of nitrogens with one attached hydrogen (secondary N) is 1. The molecule has 0 bridgehead atoms. The number of rotatable bonds is 8. The first kappa shape index (κ1) is 31.3. The SMILES string of the molecule is C=CC.CC(C)(C)OC(=O)C(CCCO)NC(=O)C(C)(C)C(C)(C)C(=O)OC(C)(C)C. The van der Waals surface area contributed by atoms with Gasteiger partial charge in [-0.15, -0.1) is 6.58 Å². The van der Waals surface area contributed by atoms with Crippen LogP contribution in [0.5, 0.6) is 0 Å². The quantitative estimate of drug-likeness (QED) is 0.431. The molecule has 0 heterocycles. The van der Waals surface area contributed by atoms with Crippen molar-refractivity contribution in [3.63, 3.8) is 0 Å². The fraction of sp³-hybridized carbons (Fsp3) is 0.792. The van der Waals surface area contributed by atoms with Gasteiger partial charge in [-0.3, -0.25) is 9.59 Å². The number of aliphatic hydroxyl groups excluding tert-OH is 1. The maximum Gasteiger partial charge on any atom is 0.329 e. The normalized spacial score (nSPS) is 13.3. The van der Waals surface area contributed by atoms with Crippen molar-refractivity contribution in [2.24, 2.45) is 10.8 Å². The number of ether oxygens (including phenoxy) is 2. The van der Waals surface area contributed by atoms with E-state index in [4.69, 9.17) is 14.6 Å². The maximum atomic E-state index is 13.0. The molecule has 0 aliphatic rings. The van der Waals surface area contributed by atoms with E-state index in [1.165, 1.54) is 0 Å². The van der Waals surface area contributed by atoms with E-state index in [9.17, 15) is 14.4 Å². The van der Waals surface area contributed by atoms with Crippen LogP contribution in [0.25, 0.3) is 0 Å². The second-order valence-corrected chi connectivity index (χ2v) is 10.6. The molecule has 0 saturated carbocycles. The van der Waals surface area contributed by atoms with Gasteiger partial charge in [0.2, 0.25) is 5.91 Å². The molecule has 0 rings (SSSR count). The fourth-order valence-electron chi connectivity index (χ4n) is 2.20. The van der Waals surface area contributed by atoms with Crippen molar-refractivity contribution in [2.45, 2.75) is 106 Å². The smallest absolute Gasteiger partial charge is 0.329 e. The summed E-state index contributed by atoms with van der Waals surface area (Å²) in [5.41, 5.74) is -3.68. The molecule has 1 amide bonds. The van der Waals surface area contributed by atoms with Gasteiger partial charge < -0.3 is 19.9 Å². The number of aliphatic hydroxyl groups is 1. The summed E-state index contributed by atoms with van der Waals surface area (Å²) in [6.07, 6.45) is 2.32. The Morgan fingerprint density at radius 2 is 1.32 bits per heavy atom. The first-order valence-electron chi connectivity index (χ1n) is 10.7. The predicted molar refractivity (Wildman–Crippen MR) is 123 cm³/mol. The first-order valence-corrected chi connectivity index (χ1v) is 10.7. The van der Waals surface area contributed by atoms with Crippen LogP contribution in [-0.2, 0) is 23.9 Å². The second-order valence-electron chi connectivity index (χ2n) is 10.6. The van der Waals surface area contributed by atoms with Crippen LogP contribution < -0.4 is 5.32 Å². The van der Waals surface area contributed by atoms with Crippen molar-refractivity contribution in [1.82, 2.24) is 5.32 Å². The monoisotopic (exact) mass is 443 g/mol. The highest BCUT2D eigenvalue weighted by Gasteiger charge is 2.51. The second kappa shape index (κ2) is 12.2. The van der Waals surface area contributed by atoms with Crippen molar-refractivity contribution in [3.05, 3.63) is 12.7 Å². The predicted octanol–water partition coefficient (Wildman–Crippen LogP) is 4.17. The van der Waals surface area contributed by atoms with Crippen LogP contribution in [-0.4, -0.2) is 46.8 Å². The van der Waals surface area contributed by atoms with E-state index in [2.05, 4.69) is 11.9 Å². The third-order valence-corrected chi connectivity index (χ3v) is 4.69. The lowest BCUT2D eigenvalue weighted by Crippen LogP contribution is -2.55. The number of esters is 2. The molecule has 0 aliphatic heterocycles. The molecular weight excluding hydrogens is 398 g/mol. The molecule has 182 valence electrons. The molecule has 0 fully saturated rings. The summed E-state index contributed by atoms with van der Waals surface area (Å²) in [4.78, 5) is 38.2. The number of hydrogen-bond donors (Lipinski definition) is 2. The summed E-state index contributed by atoms with van der Waals surface area (Å²) in [6.45, 7) is 22.2. The van der Waals surface area contributed by atoms with E-state index in [1.807, 2.05) is 6.92 Å². The number of amides is 1. The van der Waals surface area contributed by atoms with Crippen molar-refractivity contribution in [3.8, 4) is 0 Å². The molecular formula is C24H45NO6. The first-order chi connectivity index (χ1) is 13.8. The topological polar surface area (TPSA) is 102 Å². The van der Waals surface area contributed by atoms with Crippen LogP contribution in [0.3, 0.4) is 0 Å². The molecule has 0 aromatic carbocycles. The van der Waals surface area contributed by atoms with Crippen molar-refractivity contribution in [1.29, 1.82) is 0 Å². The molecule has 7 heteroatoms. The standard InChI is InChI=1S/C21H39NO6.C3H6/c1-18(2,3)27-15(24)14(12-11-13-23)22-16(25)20(7,8)21(9,10)17(26)28-19(4,5)6;1-3-2/h14,23H,11-13H2,1-10H3,(H,22,25);3H,1H2,2H3. The lowest BCUT2D eigenvalue weighted by Gasteiger charge is -2.40. The third-order valence-electron chi connectivity index (χ3n) is 4.69. The summed E-state index contributed by atoms with van der Waals surface area (Å²) in [5, 5.41) is 11.8. The summed E-state index contributed by atoms with van der Waals surface area (Å²) in [5.74, 6) is -1.53. The largest absolute Gasteiger partial charge is 0.460 e.